The van der Waals surface area contributed by atoms with E-state index < -0.39 is 36.2 Å². The molecule has 0 radical (unpaired) electrons. The monoisotopic (exact) mass is 1050 g/mol. The molecule has 0 aliphatic carbocycles. The third kappa shape index (κ3) is 29.4. The lowest BCUT2D eigenvalue weighted by Gasteiger charge is -2.37. The fourth-order valence-electron chi connectivity index (χ4n) is 10.0. The van der Waals surface area contributed by atoms with Crippen molar-refractivity contribution in [3.8, 4) is 0 Å². The van der Waals surface area contributed by atoms with Crippen molar-refractivity contribution in [2.45, 2.75) is 310 Å². The molecule has 0 aromatic heterocycles. The Balaban J connectivity index is 0.000000740. The van der Waals surface area contributed by atoms with Crippen molar-refractivity contribution in [2.24, 2.45) is 34.2 Å². The van der Waals surface area contributed by atoms with E-state index in [2.05, 4.69) is 38.3 Å². The number of hydrogen-bond donors (Lipinski definition) is 0. The summed E-state index contributed by atoms with van der Waals surface area (Å²) in [5, 5.41) is 6.65. The fraction of sp³-hybridized carbons (Fsp3) is 0.897. The van der Waals surface area contributed by atoms with Gasteiger partial charge in [0.15, 0.2) is 12.1 Å². The van der Waals surface area contributed by atoms with Crippen LogP contribution in [0.3, 0.4) is 0 Å². The molecular weight excluding hydrogens is 945 g/mol. The molecule has 428 valence electrons. The van der Waals surface area contributed by atoms with E-state index in [0.29, 0.717) is 35.7 Å². The summed E-state index contributed by atoms with van der Waals surface area (Å²) in [6.07, 6.45) is 33.8. The van der Waals surface area contributed by atoms with Gasteiger partial charge in [-0.05, 0) is 63.2 Å². The second-order valence-electron chi connectivity index (χ2n) is 22.1. The van der Waals surface area contributed by atoms with E-state index in [1.54, 1.807) is 0 Å². The highest BCUT2D eigenvalue weighted by atomic mass is 16.6. The molecule has 0 aromatic carbocycles. The zero-order chi connectivity index (χ0) is 54.9. The van der Waals surface area contributed by atoms with E-state index in [1.807, 2.05) is 27.7 Å². The average Bonchev–Trinajstić information content (AvgIpc) is 3.37. The first-order chi connectivity index (χ1) is 35.7. The molecule has 2 aliphatic rings. The summed E-state index contributed by atoms with van der Waals surface area (Å²) in [7, 11) is 0. The second-order valence-corrected chi connectivity index (χ2v) is 22.1. The first-order valence-electron chi connectivity index (χ1n) is 29.7. The molecule has 0 N–H and O–H groups in total. The molecule has 16 nitrogen and oxygen atoms in total. The maximum Gasteiger partial charge on any atom is 0.331 e. The Hall–Kier alpha value is -3.98. The predicted octanol–water partition coefficient (Wildman–Crippen LogP) is 14.6. The van der Waals surface area contributed by atoms with Crippen molar-refractivity contribution in [2.75, 3.05) is 0 Å². The summed E-state index contributed by atoms with van der Waals surface area (Å²) in [4.78, 5) is 95.3. The number of cyclic esters (lactones) is 2. The molecule has 0 spiro atoms. The minimum Gasteiger partial charge on any atom is -0.461 e. The van der Waals surface area contributed by atoms with E-state index in [-0.39, 0.29) is 73.5 Å². The van der Waals surface area contributed by atoms with Gasteiger partial charge in [-0.25, -0.2) is 9.59 Å². The molecule has 2 amide bonds. The van der Waals surface area contributed by atoms with Crippen LogP contribution in [0.2, 0.25) is 0 Å². The predicted molar refractivity (Wildman–Crippen MR) is 291 cm³/mol. The lowest BCUT2D eigenvalue weighted by Crippen LogP contribution is -2.48. The number of nitroso groups, excluding NO2 is 2. The van der Waals surface area contributed by atoms with Gasteiger partial charge >= 0.3 is 23.9 Å². The molecule has 8 atom stereocenters. The summed E-state index contributed by atoms with van der Waals surface area (Å²) >= 11 is 0. The standard InChI is InChI=1S/2C29H52N2O6/c2*1-5-7-9-11-12-13-14-15-16-18-24(21-27-25(28(33)37-27)19-17-10-8-6-2)36-29(34)26(20-23(3)4)31(22-32)30-35/h2*22-27H,5-21H2,1-4H3/t24-,25-,26?,27-;24-,25-,26-,27-/m00/s1. The zero-order valence-corrected chi connectivity index (χ0v) is 47.7. The lowest BCUT2D eigenvalue weighted by atomic mass is 9.86. The third-order valence-electron chi connectivity index (χ3n) is 14.6. The van der Waals surface area contributed by atoms with E-state index >= 15 is 0 Å². The zero-order valence-electron chi connectivity index (χ0n) is 47.7. The molecule has 1 unspecified atom stereocenters. The number of hydrogen-bond acceptors (Lipinski definition) is 14. The molecule has 2 saturated heterocycles. The SMILES string of the molecule is CCCCCCCCCCC[C@@H](C[C@@H]1OC(=O)[C@H]1CCCCCC)OC(=O)C(CC(C)C)N(C=O)N=O.CCCCCCCCCCC[C@@H](C[C@@H]1OC(=O)[C@H]1CCCCCC)OC(=O)[C@H](CC(C)C)N(C=O)N=O. The first kappa shape index (κ1) is 68.0. The van der Waals surface area contributed by atoms with Gasteiger partial charge in [0.2, 0.25) is 12.8 Å². The highest BCUT2D eigenvalue weighted by Gasteiger charge is 2.45. The van der Waals surface area contributed by atoms with Crippen LogP contribution >= 0.6 is 0 Å². The van der Waals surface area contributed by atoms with Crippen molar-refractivity contribution in [3.63, 3.8) is 0 Å². The maximum atomic E-state index is 13.1. The minimum atomic E-state index is -1.05. The van der Waals surface area contributed by atoms with Gasteiger partial charge in [0, 0.05) is 12.8 Å². The quantitative estimate of drug-likeness (QED) is 0.0139. The molecule has 2 rings (SSSR count). The van der Waals surface area contributed by atoms with Crippen molar-refractivity contribution >= 4 is 36.7 Å². The Morgan fingerprint density at radius 2 is 0.770 bits per heavy atom. The molecule has 0 saturated carbocycles. The average molecular weight is 1050 g/mol. The number of ether oxygens (including phenoxy) is 4. The van der Waals surface area contributed by atoms with E-state index in [0.717, 1.165) is 103 Å². The number of rotatable bonds is 48. The molecule has 0 bridgehead atoms. The Bertz CT molecular complexity index is 1410. The van der Waals surface area contributed by atoms with Crippen LogP contribution in [0.25, 0.3) is 0 Å². The summed E-state index contributed by atoms with van der Waals surface area (Å²) in [6, 6.07) is -2.09. The third-order valence-corrected chi connectivity index (χ3v) is 14.6. The summed E-state index contributed by atoms with van der Waals surface area (Å²) in [5.41, 5.74) is 0. The maximum absolute atomic E-state index is 13.1. The second kappa shape index (κ2) is 43.2. The van der Waals surface area contributed by atoms with Crippen molar-refractivity contribution in [3.05, 3.63) is 9.81 Å². The number of esters is 4. The topological polar surface area (TPSA) is 205 Å². The molecular formula is C58H104N4O12. The number of amides is 2. The Morgan fingerprint density at radius 3 is 1.03 bits per heavy atom. The van der Waals surface area contributed by atoms with Crippen LogP contribution in [0.1, 0.15) is 274 Å². The Kier molecular flexibility index (Phi) is 39.7. The van der Waals surface area contributed by atoms with Gasteiger partial charge in [-0.15, -0.1) is 9.81 Å². The lowest BCUT2D eigenvalue weighted by molar-refractivity contribution is -0.192. The first-order valence-corrected chi connectivity index (χ1v) is 29.7. The minimum absolute atomic E-state index is 0.0672. The summed E-state index contributed by atoms with van der Waals surface area (Å²) < 4.78 is 22.7. The van der Waals surface area contributed by atoms with Crippen LogP contribution < -0.4 is 0 Å². The number of carbonyl (C=O) groups is 6. The van der Waals surface area contributed by atoms with Crippen LogP contribution in [0.15, 0.2) is 10.6 Å². The molecule has 2 heterocycles. The molecule has 2 aliphatic heterocycles. The molecule has 2 fully saturated rings. The largest absolute Gasteiger partial charge is 0.461 e. The van der Waals surface area contributed by atoms with Crippen molar-refractivity contribution < 1.29 is 47.7 Å². The van der Waals surface area contributed by atoms with Crippen LogP contribution in [-0.4, -0.2) is 83.2 Å². The van der Waals surface area contributed by atoms with Gasteiger partial charge < -0.3 is 18.9 Å². The molecule has 16 heteroatoms. The smallest absolute Gasteiger partial charge is 0.331 e. The van der Waals surface area contributed by atoms with Crippen molar-refractivity contribution in [1.29, 1.82) is 0 Å². The van der Waals surface area contributed by atoms with Gasteiger partial charge in [0.05, 0.1) is 22.4 Å². The number of carbonyl (C=O) groups excluding carboxylic acids is 6. The van der Waals surface area contributed by atoms with Crippen LogP contribution in [0.5, 0.6) is 0 Å². The fourth-order valence-corrected chi connectivity index (χ4v) is 10.0. The van der Waals surface area contributed by atoms with E-state index in [9.17, 15) is 38.6 Å². The van der Waals surface area contributed by atoms with Crippen LogP contribution in [0, 0.1) is 33.5 Å². The van der Waals surface area contributed by atoms with E-state index in [1.165, 1.54) is 77.0 Å². The van der Waals surface area contributed by atoms with Gasteiger partial charge in [0.1, 0.15) is 24.4 Å². The summed E-state index contributed by atoms with van der Waals surface area (Å²) in [5.74, 6) is -1.71. The van der Waals surface area contributed by atoms with Crippen LogP contribution in [-0.2, 0) is 47.7 Å². The van der Waals surface area contributed by atoms with Gasteiger partial charge in [0.25, 0.3) is 0 Å². The summed E-state index contributed by atoms with van der Waals surface area (Å²) in [6.45, 7) is 16.4. The molecule has 74 heavy (non-hydrogen) atoms. The number of nitrogens with zero attached hydrogens (tertiary/aromatic N) is 4. The van der Waals surface area contributed by atoms with Crippen LogP contribution in [0.4, 0.5) is 0 Å². The van der Waals surface area contributed by atoms with Gasteiger partial charge in [-0.2, -0.15) is 10.0 Å². The van der Waals surface area contributed by atoms with Gasteiger partial charge in [-0.1, -0.05) is 209 Å². The van der Waals surface area contributed by atoms with E-state index in [4.69, 9.17) is 18.9 Å². The molecule has 0 aromatic rings. The van der Waals surface area contributed by atoms with Gasteiger partial charge in [-0.3, -0.25) is 19.2 Å². The normalized spacial score (nSPS) is 18.6. The Morgan fingerprint density at radius 1 is 0.486 bits per heavy atom. The highest BCUT2D eigenvalue weighted by molar-refractivity contribution is 5.80. The Labute approximate surface area is 447 Å². The highest BCUT2D eigenvalue weighted by Crippen LogP contribution is 2.35. The van der Waals surface area contributed by atoms with Crippen molar-refractivity contribution in [1.82, 2.24) is 10.0 Å². The number of unbranched alkanes of at least 4 members (excludes halogenated alkanes) is 22.